The molecule has 0 aliphatic carbocycles. The average molecular weight is 238 g/mol. The monoisotopic (exact) mass is 238 g/mol. The first kappa shape index (κ1) is 13.7. The summed E-state index contributed by atoms with van der Waals surface area (Å²) in [5.74, 6) is 0.153. The van der Waals surface area contributed by atoms with Gasteiger partial charge in [0.1, 0.15) is 5.75 Å². The van der Waals surface area contributed by atoms with Gasteiger partial charge in [0.2, 0.25) is 0 Å². The third-order valence-corrected chi connectivity index (χ3v) is 2.44. The highest BCUT2D eigenvalue weighted by Crippen LogP contribution is 2.23. The highest BCUT2D eigenvalue weighted by Gasteiger charge is 2.08. The van der Waals surface area contributed by atoms with E-state index in [0.29, 0.717) is 5.56 Å². The van der Waals surface area contributed by atoms with Gasteiger partial charge < -0.3 is 20.1 Å². The van der Waals surface area contributed by atoms with Crippen LogP contribution in [0.4, 0.5) is 0 Å². The predicted molar refractivity (Wildman–Crippen MR) is 65.5 cm³/mol. The second kappa shape index (κ2) is 6.39. The fourth-order valence-electron chi connectivity index (χ4n) is 1.41. The molecule has 0 heterocycles. The van der Waals surface area contributed by atoms with E-state index in [-0.39, 0.29) is 12.4 Å². The summed E-state index contributed by atoms with van der Waals surface area (Å²) in [6, 6.07) is 5.10. The van der Waals surface area contributed by atoms with Gasteiger partial charge in [-0.05, 0) is 18.6 Å². The quantitative estimate of drug-likeness (QED) is 0.723. The van der Waals surface area contributed by atoms with Gasteiger partial charge in [-0.15, -0.1) is 0 Å². The SMILES string of the molecule is COCc1c(O)cccc1/C=C/[C@@H](O)[C@H](C)O. The number of hydrogen-bond acceptors (Lipinski definition) is 4. The summed E-state index contributed by atoms with van der Waals surface area (Å²) in [5, 5.41) is 28.3. The van der Waals surface area contributed by atoms with Crippen LogP contribution in [0.2, 0.25) is 0 Å². The van der Waals surface area contributed by atoms with Crippen LogP contribution in [0.25, 0.3) is 6.08 Å². The zero-order valence-electron chi connectivity index (χ0n) is 10.00. The summed E-state index contributed by atoms with van der Waals surface area (Å²) in [6.07, 6.45) is 1.39. The Hall–Kier alpha value is -1.36. The minimum atomic E-state index is -0.923. The summed E-state index contributed by atoms with van der Waals surface area (Å²) in [4.78, 5) is 0. The Bertz CT molecular complexity index is 385. The summed E-state index contributed by atoms with van der Waals surface area (Å²) >= 11 is 0. The Kier molecular flexibility index (Phi) is 5.15. The van der Waals surface area contributed by atoms with E-state index < -0.39 is 12.2 Å². The minimum absolute atomic E-state index is 0.153. The smallest absolute Gasteiger partial charge is 0.121 e. The average Bonchev–Trinajstić information content (AvgIpc) is 2.29. The van der Waals surface area contributed by atoms with Crippen LogP contribution in [0, 0.1) is 0 Å². The molecule has 0 spiro atoms. The lowest BCUT2D eigenvalue weighted by Crippen LogP contribution is -2.19. The molecule has 2 atom stereocenters. The van der Waals surface area contributed by atoms with E-state index in [1.165, 1.54) is 13.0 Å². The predicted octanol–water partition coefficient (Wildman–Crippen LogP) is 1.29. The molecule has 1 aromatic rings. The molecule has 94 valence electrons. The molecule has 0 amide bonds. The Morgan fingerprint density at radius 1 is 1.35 bits per heavy atom. The molecule has 4 heteroatoms. The first-order valence-corrected chi connectivity index (χ1v) is 5.40. The summed E-state index contributed by atoms with van der Waals surface area (Å²) in [7, 11) is 1.55. The van der Waals surface area contributed by atoms with Crippen LogP contribution in [0.1, 0.15) is 18.1 Å². The van der Waals surface area contributed by atoms with Gasteiger partial charge in [-0.25, -0.2) is 0 Å². The number of aromatic hydroxyl groups is 1. The van der Waals surface area contributed by atoms with Gasteiger partial charge in [0, 0.05) is 12.7 Å². The summed E-state index contributed by atoms with van der Waals surface area (Å²) in [6.45, 7) is 1.80. The van der Waals surface area contributed by atoms with Gasteiger partial charge in [0.15, 0.2) is 0 Å². The summed E-state index contributed by atoms with van der Waals surface area (Å²) < 4.78 is 5.00. The molecule has 3 N–H and O–H groups in total. The van der Waals surface area contributed by atoms with Crippen molar-refractivity contribution in [3.05, 3.63) is 35.4 Å². The molecule has 0 unspecified atom stereocenters. The first-order chi connectivity index (χ1) is 8.06. The van der Waals surface area contributed by atoms with E-state index in [9.17, 15) is 10.2 Å². The third-order valence-electron chi connectivity index (χ3n) is 2.44. The number of aliphatic hydroxyl groups excluding tert-OH is 2. The zero-order chi connectivity index (χ0) is 12.8. The maximum atomic E-state index is 9.67. The van der Waals surface area contributed by atoms with E-state index in [1.54, 1.807) is 31.4 Å². The van der Waals surface area contributed by atoms with Crippen LogP contribution in [-0.4, -0.2) is 34.6 Å². The van der Waals surface area contributed by atoms with Gasteiger partial charge in [-0.3, -0.25) is 0 Å². The van der Waals surface area contributed by atoms with E-state index in [2.05, 4.69) is 0 Å². The van der Waals surface area contributed by atoms with Crippen molar-refractivity contribution in [1.29, 1.82) is 0 Å². The number of phenolic OH excluding ortho intramolecular Hbond substituents is 1. The van der Waals surface area contributed by atoms with Crippen LogP contribution < -0.4 is 0 Å². The molecular formula is C13H18O4. The van der Waals surface area contributed by atoms with E-state index in [1.807, 2.05) is 0 Å². The van der Waals surface area contributed by atoms with Crippen molar-refractivity contribution in [3.63, 3.8) is 0 Å². The number of methoxy groups -OCH3 is 1. The molecule has 17 heavy (non-hydrogen) atoms. The Balaban J connectivity index is 2.93. The fraction of sp³-hybridized carbons (Fsp3) is 0.385. The number of rotatable bonds is 5. The standard InChI is InChI=1S/C13H18O4/c1-9(14)12(15)7-6-10-4-3-5-13(16)11(10)8-17-2/h3-7,9,12,14-16H,8H2,1-2H3/b7-6+/t9-,12+/m0/s1. The molecule has 4 nitrogen and oxygen atoms in total. The molecule has 0 fully saturated rings. The molecule has 1 rings (SSSR count). The summed E-state index contributed by atoms with van der Waals surface area (Å²) in [5.41, 5.74) is 1.41. The van der Waals surface area contributed by atoms with Gasteiger partial charge >= 0.3 is 0 Å². The number of phenols is 1. The molecule has 1 aromatic carbocycles. The molecule has 0 saturated heterocycles. The van der Waals surface area contributed by atoms with Crippen molar-refractivity contribution < 1.29 is 20.1 Å². The maximum absolute atomic E-state index is 9.67. The normalized spacial score (nSPS) is 15.1. The largest absolute Gasteiger partial charge is 0.508 e. The second-order valence-electron chi connectivity index (χ2n) is 3.87. The van der Waals surface area contributed by atoms with Crippen molar-refractivity contribution in [3.8, 4) is 5.75 Å². The van der Waals surface area contributed by atoms with Crippen molar-refractivity contribution in [2.75, 3.05) is 7.11 Å². The number of ether oxygens (including phenoxy) is 1. The fourth-order valence-corrected chi connectivity index (χ4v) is 1.41. The zero-order valence-corrected chi connectivity index (χ0v) is 10.00. The molecule has 0 aliphatic heterocycles. The number of aliphatic hydroxyl groups is 2. The lowest BCUT2D eigenvalue weighted by molar-refractivity contribution is 0.0624. The van der Waals surface area contributed by atoms with Gasteiger partial charge in [-0.2, -0.15) is 0 Å². The minimum Gasteiger partial charge on any atom is -0.508 e. The molecule has 0 radical (unpaired) electrons. The van der Waals surface area contributed by atoms with E-state index in [4.69, 9.17) is 9.84 Å². The third kappa shape index (κ3) is 3.85. The van der Waals surface area contributed by atoms with Crippen LogP contribution in [0.3, 0.4) is 0 Å². The second-order valence-corrected chi connectivity index (χ2v) is 3.87. The van der Waals surface area contributed by atoms with Crippen LogP contribution in [0.15, 0.2) is 24.3 Å². The number of hydrogen-bond donors (Lipinski definition) is 3. The van der Waals surface area contributed by atoms with Crippen molar-refractivity contribution >= 4 is 6.08 Å². The first-order valence-electron chi connectivity index (χ1n) is 5.40. The highest BCUT2D eigenvalue weighted by molar-refractivity contribution is 5.57. The lowest BCUT2D eigenvalue weighted by atomic mass is 10.1. The number of benzene rings is 1. The lowest BCUT2D eigenvalue weighted by Gasteiger charge is -2.10. The van der Waals surface area contributed by atoms with E-state index in [0.717, 1.165) is 5.56 Å². The van der Waals surface area contributed by atoms with Gasteiger partial charge in [0.05, 0.1) is 18.8 Å². The molecule has 0 bridgehead atoms. The van der Waals surface area contributed by atoms with Crippen molar-refractivity contribution in [2.45, 2.75) is 25.7 Å². The Morgan fingerprint density at radius 2 is 2.06 bits per heavy atom. The van der Waals surface area contributed by atoms with Crippen LogP contribution in [0.5, 0.6) is 5.75 Å². The van der Waals surface area contributed by atoms with Gasteiger partial charge in [-0.1, -0.05) is 24.3 Å². The maximum Gasteiger partial charge on any atom is 0.121 e. The van der Waals surface area contributed by atoms with Crippen LogP contribution in [-0.2, 0) is 11.3 Å². The van der Waals surface area contributed by atoms with Crippen LogP contribution >= 0.6 is 0 Å². The molecule has 0 aliphatic rings. The molecule has 0 saturated carbocycles. The Morgan fingerprint density at radius 3 is 2.65 bits per heavy atom. The molecular weight excluding hydrogens is 220 g/mol. The van der Waals surface area contributed by atoms with E-state index >= 15 is 0 Å². The van der Waals surface area contributed by atoms with Gasteiger partial charge in [0.25, 0.3) is 0 Å². The molecule has 0 aromatic heterocycles. The highest BCUT2D eigenvalue weighted by atomic mass is 16.5. The van der Waals surface area contributed by atoms with Crippen molar-refractivity contribution in [1.82, 2.24) is 0 Å². The topological polar surface area (TPSA) is 69.9 Å². The Labute approximate surface area is 101 Å². The van der Waals surface area contributed by atoms with Crippen molar-refractivity contribution in [2.24, 2.45) is 0 Å².